The SMILES string of the molecule is C[C@H]1C#CC2=CC(N)NC3=C2CO[C@@H](CCC1)C[C@H](O)CCc1ccc(O)c(c1)OCc1cc(C2(c4ccccc4)CCOCC2)cc2cn3cc12. The molecule has 0 aliphatic carbocycles. The van der Waals surface area contributed by atoms with Gasteiger partial charge in [0.1, 0.15) is 12.4 Å². The second kappa shape index (κ2) is 14.8. The number of benzene rings is 3. The van der Waals surface area contributed by atoms with Crippen LogP contribution in [0.1, 0.15) is 74.1 Å². The fourth-order valence-electron chi connectivity index (χ4n) is 8.40. The molecule has 270 valence electrons. The van der Waals surface area contributed by atoms with Gasteiger partial charge in [-0.25, -0.2) is 0 Å². The summed E-state index contributed by atoms with van der Waals surface area (Å²) in [7, 11) is 0. The summed E-state index contributed by atoms with van der Waals surface area (Å²) in [6.07, 6.45) is 11.5. The Hall–Kier alpha value is -4.52. The minimum Gasteiger partial charge on any atom is -0.504 e. The molecule has 8 nitrogen and oxygen atoms in total. The van der Waals surface area contributed by atoms with Crippen LogP contribution >= 0.6 is 0 Å². The first kappa shape index (κ1) is 34.6. The third-order valence-corrected chi connectivity index (χ3v) is 11.4. The van der Waals surface area contributed by atoms with Gasteiger partial charge >= 0.3 is 0 Å². The van der Waals surface area contributed by atoms with Gasteiger partial charge in [-0.15, -0.1) is 0 Å². The molecule has 5 N–H and O–H groups in total. The molecule has 8 heteroatoms. The number of aryl methyl sites for hydroxylation is 1. The molecule has 0 saturated carbocycles. The van der Waals surface area contributed by atoms with Crippen molar-refractivity contribution in [3.63, 3.8) is 0 Å². The standard InChI is InChI=1S/C44H49N3O5/c1-29-6-5-9-37-24-36(48)14-11-30-12-15-40(49)41(20-30)52-27-33-22-35(44(16-18-50-19-17-44)34-7-3-2-4-8-34)21-32-25-47(26-38(32)33)43-39(28-51-37)31(13-10-29)23-42(45)46-43/h2-4,7-8,12,15,20-23,25-26,29,36-37,42,46,48-49H,5-6,9,11,14,16-19,24,27-28,45H2,1H3/t29-,36-,37+,42?/m1/s1. The quantitative estimate of drug-likeness (QED) is 0.168. The third-order valence-electron chi connectivity index (χ3n) is 11.4. The first-order chi connectivity index (χ1) is 25.3. The second-order valence-corrected chi connectivity index (χ2v) is 15.0. The third kappa shape index (κ3) is 7.11. The highest BCUT2D eigenvalue weighted by Gasteiger charge is 2.37. The Balaban J connectivity index is 1.32. The van der Waals surface area contributed by atoms with E-state index in [-0.39, 0.29) is 29.8 Å². The molecule has 3 aromatic carbocycles. The fourth-order valence-corrected chi connectivity index (χ4v) is 8.40. The molecule has 4 aliphatic rings. The molecule has 0 radical (unpaired) electrons. The number of nitrogens with two attached hydrogens (primary N) is 1. The number of dihydropyridines is 1. The monoisotopic (exact) mass is 699 g/mol. The van der Waals surface area contributed by atoms with E-state index >= 15 is 0 Å². The van der Waals surface area contributed by atoms with Crippen molar-refractivity contribution >= 4 is 16.6 Å². The second-order valence-electron chi connectivity index (χ2n) is 15.0. The Morgan fingerprint density at radius 2 is 1.81 bits per heavy atom. The molecule has 4 aromatic rings. The van der Waals surface area contributed by atoms with Crippen LogP contribution in [-0.4, -0.2) is 53.0 Å². The average molecular weight is 700 g/mol. The van der Waals surface area contributed by atoms with Gasteiger partial charge in [0.15, 0.2) is 11.5 Å². The highest BCUT2D eigenvalue weighted by atomic mass is 16.5. The first-order valence-corrected chi connectivity index (χ1v) is 18.9. The molecule has 1 saturated heterocycles. The van der Waals surface area contributed by atoms with Crippen molar-refractivity contribution in [2.75, 3.05) is 19.8 Å². The molecular weight excluding hydrogens is 651 g/mol. The lowest BCUT2D eigenvalue weighted by molar-refractivity contribution is 0.0168. The Labute approximate surface area is 306 Å². The Morgan fingerprint density at radius 3 is 2.65 bits per heavy atom. The number of aliphatic hydroxyl groups is 1. The van der Waals surface area contributed by atoms with Crippen LogP contribution in [0.25, 0.3) is 16.6 Å². The number of fused-ring (bicyclic) bond motifs is 6. The number of aliphatic hydroxyl groups excluding tert-OH is 1. The van der Waals surface area contributed by atoms with Crippen molar-refractivity contribution in [3.8, 4) is 23.3 Å². The topological polar surface area (TPSA) is 111 Å². The highest BCUT2D eigenvalue weighted by Crippen LogP contribution is 2.43. The summed E-state index contributed by atoms with van der Waals surface area (Å²) in [5, 5.41) is 27.8. The average Bonchev–Trinajstić information content (AvgIpc) is 3.59. The summed E-state index contributed by atoms with van der Waals surface area (Å²) in [6, 6.07) is 20.9. The predicted molar refractivity (Wildman–Crippen MR) is 204 cm³/mol. The number of hydrogen-bond donors (Lipinski definition) is 4. The summed E-state index contributed by atoms with van der Waals surface area (Å²) in [5.41, 5.74) is 12.8. The molecule has 1 aromatic heterocycles. The maximum atomic E-state index is 11.2. The molecule has 1 fully saturated rings. The predicted octanol–water partition coefficient (Wildman–Crippen LogP) is 6.91. The van der Waals surface area contributed by atoms with Gasteiger partial charge in [0.05, 0.1) is 25.0 Å². The highest BCUT2D eigenvalue weighted by molar-refractivity contribution is 5.88. The van der Waals surface area contributed by atoms with Crippen LogP contribution in [0.2, 0.25) is 0 Å². The summed E-state index contributed by atoms with van der Waals surface area (Å²) in [4.78, 5) is 0. The van der Waals surface area contributed by atoms with Crippen LogP contribution in [0.4, 0.5) is 0 Å². The zero-order chi connectivity index (χ0) is 35.7. The molecular formula is C44H49N3O5. The normalized spacial score (nSPS) is 25.1. The zero-order valence-corrected chi connectivity index (χ0v) is 29.9. The lowest BCUT2D eigenvalue weighted by Crippen LogP contribution is -2.40. The van der Waals surface area contributed by atoms with Gasteiger partial charge < -0.3 is 40.0 Å². The number of aromatic hydroxyl groups is 1. The van der Waals surface area contributed by atoms with Gasteiger partial charge in [0, 0.05) is 58.9 Å². The Kier molecular flexibility index (Phi) is 9.86. The van der Waals surface area contributed by atoms with Crippen molar-refractivity contribution in [1.29, 1.82) is 0 Å². The van der Waals surface area contributed by atoms with Crippen LogP contribution in [-0.2, 0) is 27.9 Å². The minimum absolute atomic E-state index is 0.0951. The van der Waals surface area contributed by atoms with E-state index in [1.54, 1.807) is 6.07 Å². The maximum Gasteiger partial charge on any atom is 0.161 e. The fraction of sp³-hybridized carbons (Fsp3) is 0.409. The molecule has 4 aliphatic heterocycles. The number of phenolic OH excluding ortho intramolecular Hbond substituents is 1. The van der Waals surface area contributed by atoms with E-state index in [0.29, 0.717) is 44.8 Å². The Bertz CT molecular complexity index is 2050. The van der Waals surface area contributed by atoms with E-state index in [9.17, 15) is 10.2 Å². The number of nitrogens with one attached hydrogen (secondary N) is 1. The van der Waals surface area contributed by atoms with Crippen molar-refractivity contribution < 1.29 is 24.4 Å². The van der Waals surface area contributed by atoms with Crippen LogP contribution in [0.15, 0.2) is 90.3 Å². The smallest absolute Gasteiger partial charge is 0.161 e. The molecule has 0 spiro atoms. The van der Waals surface area contributed by atoms with E-state index in [4.69, 9.17) is 19.9 Å². The summed E-state index contributed by atoms with van der Waals surface area (Å²) >= 11 is 0. The number of rotatable bonds is 2. The summed E-state index contributed by atoms with van der Waals surface area (Å²) < 4.78 is 21.2. The lowest BCUT2D eigenvalue weighted by atomic mass is 9.68. The molecule has 4 atom stereocenters. The van der Waals surface area contributed by atoms with Gasteiger partial charge in [0.2, 0.25) is 0 Å². The molecule has 1 unspecified atom stereocenters. The van der Waals surface area contributed by atoms with E-state index < -0.39 is 12.3 Å². The first-order valence-electron chi connectivity index (χ1n) is 18.9. The van der Waals surface area contributed by atoms with E-state index in [2.05, 4.69) is 83.5 Å². The van der Waals surface area contributed by atoms with Gasteiger partial charge in [-0.05, 0) is 97.9 Å². The number of aromatic nitrogens is 1. The number of nitrogens with zero attached hydrogens (tertiary/aromatic N) is 1. The molecule has 6 bridgehead atoms. The van der Waals surface area contributed by atoms with Crippen LogP contribution < -0.4 is 15.8 Å². The lowest BCUT2D eigenvalue weighted by Gasteiger charge is -2.39. The minimum atomic E-state index is -0.535. The van der Waals surface area contributed by atoms with Crippen molar-refractivity contribution in [2.24, 2.45) is 11.7 Å². The van der Waals surface area contributed by atoms with Gasteiger partial charge in [-0.1, -0.05) is 61.2 Å². The van der Waals surface area contributed by atoms with E-state index in [1.165, 1.54) is 11.1 Å². The van der Waals surface area contributed by atoms with Crippen LogP contribution in [0.3, 0.4) is 0 Å². The van der Waals surface area contributed by atoms with E-state index in [1.807, 2.05) is 18.2 Å². The molecule has 8 rings (SSSR count). The van der Waals surface area contributed by atoms with Gasteiger partial charge in [-0.2, -0.15) is 0 Å². The number of phenols is 1. The van der Waals surface area contributed by atoms with Crippen LogP contribution in [0.5, 0.6) is 11.5 Å². The van der Waals surface area contributed by atoms with Crippen molar-refractivity contribution in [2.45, 2.75) is 88.7 Å². The van der Waals surface area contributed by atoms with Crippen molar-refractivity contribution in [1.82, 2.24) is 9.88 Å². The zero-order valence-electron chi connectivity index (χ0n) is 29.9. The number of hydrogen-bond acceptors (Lipinski definition) is 7. The summed E-state index contributed by atoms with van der Waals surface area (Å²) in [6.45, 7) is 4.14. The maximum absolute atomic E-state index is 11.2. The largest absolute Gasteiger partial charge is 0.504 e. The van der Waals surface area contributed by atoms with Crippen molar-refractivity contribution in [3.05, 3.63) is 113 Å². The number of ether oxygens (including phenoxy) is 3. The molecule has 5 heterocycles. The van der Waals surface area contributed by atoms with Gasteiger partial charge in [-0.3, -0.25) is 0 Å². The van der Waals surface area contributed by atoms with Gasteiger partial charge in [0.25, 0.3) is 0 Å². The summed E-state index contributed by atoms with van der Waals surface area (Å²) in [5.74, 6) is 8.55. The molecule has 52 heavy (non-hydrogen) atoms. The Morgan fingerprint density at radius 1 is 0.962 bits per heavy atom. The van der Waals surface area contributed by atoms with Crippen LogP contribution in [0, 0.1) is 17.8 Å². The van der Waals surface area contributed by atoms with E-state index in [0.717, 1.165) is 71.0 Å². The molecule has 0 amide bonds.